The molecular weight excluding hydrogens is 468 g/mol. The standard InChI is InChI=1S/C30H32F4O2/c1-3-4-17-35-25-15-16-26(30(34)29(25)33)36-18-20-7-11-22(12-8-20)24-14-13-23(27(31)28(24)32)21-9-5-19(2)6-10-21/h7-8,11-16,19,21H,3-6,9-10,17-18H2,1-2H3. The summed E-state index contributed by atoms with van der Waals surface area (Å²) in [4.78, 5) is 0. The van der Waals surface area contributed by atoms with Crippen molar-refractivity contribution in [1.82, 2.24) is 0 Å². The number of ether oxygens (including phenoxy) is 2. The van der Waals surface area contributed by atoms with Crippen LogP contribution < -0.4 is 9.47 Å². The maximum Gasteiger partial charge on any atom is 0.204 e. The maximum atomic E-state index is 15.0. The fraction of sp³-hybridized carbons (Fsp3) is 0.400. The molecule has 1 aliphatic rings. The predicted octanol–water partition coefficient (Wildman–Crippen LogP) is 8.96. The van der Waals surface area contributed by atoms with E-state index in [-0.39, 0.29) is 29.6 Å². The van der Waals surface area contributed by atoms with Crippen LogP contribution in [0.25, 0.3) is 11.1 Å². The second-order valence-corrected chi connectivity index (χ2v) is 9.66. The molecule has 0 bridgehead atoms. The van der Waals surface area contributed by atoms with E-state index in [2.05, 4.69) is 6.92 Å². The zero-order valence-electron chi connectivity index (χ0n) is 20.8. The molecule has 0 aliphatic heterocycles. The number of rotatable bonds is 9. The first-order valence-corrected chi connectivity index (χ1v) is 12.7. The van der Waals surface area contributed by atoms with E-state index in [9.17, 15) is 17.6 Å². The van der Waals surface area contributed by atoms with Crippen LogP contribution in [0.3, 0.4) is 0 Å². The van der Waals surface area contributed by atoms with Gasteiger partial charge in [0.15, 0.2) is 23.1 Å². The van der Waals surface area contributed by atoms with Gasteiger partial charge in [0.1, 0.15) is 6.61 Å². The van der Waals surface area contributed by atoms with Gasteiger partial charge in [0.05, 0.1) is 6.61 Å². The molecule has 3 aromatic carbocycles. The largest absolute Gasteiger partial charge is 0.490 e. The maximum absolute atomic E-state index is 15.0. The first-order valence-electron chi connectivity index (χ1n) is 12.7. The molecule has 36 heavy (non-hydrogen) atoms. The summed E-state index contributed by atoms with van der Waals surface area (Å²) < 4.78 is 69.2. The molecule has 4 rings (SSSR count). The highest BCUT2D eigenvalue weighted by atomic mass is 19.2. The first kappa shape index (κ1) is 26.1. The summed E-state index contributed by atoms with van der Waals surface area (Å²) in [7, 11) is 0. The highest BCUT2D eigenvalue weighted by molar-refractivity contribution is 5.65. The smallest absolute Gasteiger partial charge is 0.204 e. The van der Waals surface area contributed by atoms with Crippen molar-refractivity contribution in [3.63, 3.8) is 0 Å². The van der Waals surface area contributed by atoms with Crippen LogP contribution in [-0.4, -0.2) is 6.61 Å². The minimum Gasteiger partial charge on any atom is -0.490 e. The average Bonchev–Trinajstić information content (AvgIpc) is 2.89. The molecule has 1 saturated carbocycles. The van der Waals surface area contributed by atoms with E-state index in [4.69, 9.17) is 9.47 Å². The Morgan fingerprint density at radius 2 is 1.36 bits per heavy atom. The van der Waals surface area contributed by atoms with E-state index in [1.54, 1.807) is 36.4 Å². The summed E-state index contributed by atoms with van der Waals surface area (Å²) in [5.74, 6) is -3.46. The molecular formula is C30H32F4O2. The molecule has 6 heteroatoms. The molecule has 0 atom stereocenters. The van der Waals surface area contributed by atoms with Crippen LogP contribution in [0.15, 0.2) is 48.5 Å². The summed E-state index contributed by atoms with van der Waals surface area (Å²) >= 11 is 0. The third kappa shape index (κ3) is 5.85. The molecule has 0 unspecified atom stereocenters. The molecule has 3 aromatic rings. The van der Waals surface area contributed by atoms with Crippen LogP contribution in [0.5, 0.6) is 11.5 Å². The minimum absolute atomic E-state index is 0.0113. The van der Waals surface area contributed by atoms with E-state index in [0.29, 0.717) is 29.2 Å². The molecule has 0 amide bonds. The van der Waals surface area contributed by atoms with E-state index >= 15 is 0 Å². The van der Waals surface area contributed by atoms with Gasteiger partial charge in [-0.2, -0.15) is 8.78 Å². The van der Waals surface area contributed by atoms with Gasteiger partial charge in [-0.25, -0.2) is 8.78 Å². The van der Waals surface area contributed by atoms with Gasteiger partial charge in [0.25, 0.3) is 0 Å². The quantitative estimate of drug-likeness (QED) is 0.216. The first-order chi connectivity index (χ1) is 17.4. The molecule has 0 heterocycles. The van der Waals surface area contributed by atoms with Gasteiger partial charge >= 0.3 is 0 Å². The van der Waals surface area contributed by atoms with Gasteiger partial charge in [-0.3, -0.25) is 0 Å². The van der Waals surface area contributed by atoms with Gasteiger partial charge in [0.2, 0.25) is 11.6 Å². The van der Waals surface area contributed by atoms with Crippen molar-refractivity contribution in [2.75, 3.05) is 6.61 Å². The predicted molar refractivity (Wildman–Crippen MR) is 133 cm³/mol. The zero-order chi connectivity index (χ0) is 25.7. The lowest BCUT2D eigenvalue weighted by molar-refractivity contribution is 0.267. The summed E-state index contributed by atoms with van der Waals surface area (Å²) in [6, 6.07) is 12.7. The van der Waals surface area contributed by atoms with E-state index in [0.717, 1.165) is 38.5 Å². The molecule has 0 spiro atoms. The van der Waals surface area contributed by atoms with Crippen LogP contribution in [0.1, 0.15) is 69.4 Å². The molecule has 192 valence electrons. The van der Waals surface area contributed by atoms with Crippen molar-refractivity contribution < 1.29 is 27.0 Å². The fourth-order valence-corrected chi connectivity index (χ4v) is 4.68. The summed E-state index contributed by atoms with van der Waals surface area (Å²) in [5.41, 5.74) is 1.87. The Morgan fingerprint density at radius 3 is 2.00 bits per heavy atom. The van der Waals surface area contributed by atoms with Crippen LogP contribution in [-0.2, 0) is 6.61 Å². The molecule has 0 N–H and O–H groups in total. The fourth-order valence-electron chi connectivity index (χ4n) is 4.68. The summed E-state index contributed by atoms with van der Waals surface area (Å²) in [6.45, 7) is 4.47. The highest BCUT2D eigenvalue weighted by Gasteiger charge is 2.25. The SMILES string of the molecule is CCCCOc1ccc(OCc2ccc(-c3ccc(C4CCC(C)CC4)c(F)c3F)cc2)c(F)c1F. The highest BCUT2D eigenvalue weighted by Crippen LogP contribution is 2.38. The van der Waals surface area contributed by atoms with Crippen LogP contribution in [0.2, 0.25) is 0 Å². The van der Waals surface area contributed by atoms with Gasteiger partial charge in [-0.05, 0) is 59.9 Å². The molecule has 2 nitrogen and oxygen atoms in total. The van der Waals surface area contributed by atoms with Crippen molar-refractivity contribution in [3.05, 3.63) is 82.9 Å². The lowest BCUT2D eigenvalue weighted by Gasteiger charge is -2.27. The lowest BCUT2D eigenvalue weighted by atomic mass is 9.79. The van der Waals surface area contributed by atoms with Gasteiger partial charge < -0.3 is 9.47 Å². The number of halogens is 4. The van der Waals surface area contributed by atoms with Crippen molar-refractivity contribution in [2.24, 2.45) is 5.92 Å². The minimum atomic E-state index is -1.11. The Kier molecular flexibility index (Phi) is 8.55. The Labute approximate surface area is 210 Å². The Bertz CT molecular complexity index is 1170. The Hall–Kier alpha value is -3.02. The van der Waals surface area contributed by atoms with E-state index in [1.165, 1.54) is 12.1 Å². The van der Waals surface area contributed by atoms with Crippen molar-refractivity contribution in [2.45, 2.75) is 64.9 Å². The van der Waals surface area contributed by atoms with Crippen LogP contribution in [0.4, 0.5) is 17.6 Å². The number of hydrogen-bond donors (Lipinski definition) is 0. The molecule has 0 radical (unpaired) electrons. The van der Waals surface area contributed by atoms with Crippen molar-refractivity contribution in [3.8, 4) is 22.6 Å². The third-order valence-electron chi connectivity index (χ3n) is 6.99. The average molecular weight is 501 g/mol. The van der Waals surface area contributed by atoms with Gasteiger partial charge in [-0.15, -0.1) is 0 Å². The second kappa shape index (κ2) is 11.8. The topological polar surface area (TPSA) is 18.5 Å². The van der Waals surface area contributed by atoms with Crippen molar-refractivity contribution >= 4 is 0 Å². The molecule has 0 aromatic heterocycles. The Morgan fingerprint density at radius 1 is 0.722 bits per heavy atom. The number of hydrogen-bond acceptors (Lipinski definition) is 2. The van der Waals surface area contributed by atoms with Crippen LogP contribution >= 0.6 is 0 Å². The van der Waals surface area contributed by atoms with Crippen molar-refractivity contribution in [1.29, 1.82) is 0 Å². The van der Waals surface area contributed by atoms with Gasteiger partial charge in [-0.1, -0.05) is 69.5 Å². The summed E-state index contributed by atoms with van der Waals surface area (Å²) in [6.07, 6.45) is 5.46. The van der Waals surface area contributed by atoms with Gasteiger partial charge in [0, 0.05) is 5.56 Å². The summed E-state index contributed by atoms with van der Waals surface area (Å²) in [5, 5.41) is 0. The second-order valence-electron chi connectivity index (χ2n) is 9.66. The number of benzene rings is 3. The Balaban J connectivity index is 1.42. The zero-order valence-corrected chi connectivity index (χ0v) is 20.8. The molecule has 1 fully saturated rings. The molecule has 1 aliphatic carbocycles. The van der Waals surface area contributed by atoms with E-state index < -0.39 is 23.3 Å². The molecule has 0 saturated heterocycles. The normalized spacial score (nSPS) is 17.7. The lowest BCUT2D eigenvalue weighted by Crippen LogP contribution is -2.13. The monoisotopic (exact) mass is 500 g/mol. The number of unbranched alkanes of at least 4 members (excludes halogenated alkanes) is 1. The third-order valence-corrected chi connectivity index (χ3v) is 6.99. The van der Waals surface area contributed by atoms with Crippen LogP contribution in [0, 0.1) is 29.2 Å². The van der Waals surface area contributed by atoms with E-state index in [1.807, 2.05) is 6.92 Å².